The predicted octanol–water partition coefficient (Wildman–Crippen LogP) is 5.26. The molecule has 6 aromatic rings. The van der Waals surface area contributed by atoms with Gasteiger partial charge in [0.05, 0.1) is 24.9 Å². The summed E-state index contributed by atoms with van der Waals surface area (Å²) in [5.41, 5.74) is 4.40. The van der Waals surface area contributed by atoms with Gasteiger partial charge in [-0.2, -0.15) is 0 Å². The highest BCUT2D eigenvalue weighted by molar-refractivity contribution is 5.82. The van der Waals surface area contributed by atoms with E-state index in [4.69, 9.17) is 4.42 Å². The number of rotatable bonds is 9. The van der Waals surface area contributed by atoms with E-state index in [1.54, 1.807) is 10.9 Å². The van der Waals surface area contributed by atoms with E-state index in [-0.39, 0.29) is 5.56 Å². The minimum Gasteiger partial charge on any atom is -0.468 e. The van der Waals surface area contributed by atoms with Crippen LogP contribution in [0.5, 0.6) is 0 Å². The third-order valence-electron chi connectivity index (χ3n) is 6.92. The van der Waals surface area contributed by atoms with Gasteiger partial charge in [0.1, 0.15) is 11.8 Å². The molecule has 0 saturated carbocycles. The van der Waals surface area contributed by atoms with Crippen LogP contribution in [0.25, 0.3) is 10.9 Å². The van der Waals surface area contributed by atoms with Crippen molar-refractivity contribution in [3.8, 4) is 0 Å². The zero-order chi connectivity index (χ0) is 26.6. The van der Waals surface area contributed by atoms with Crippen molar-refractivity contribution in [2.24, 2.45) is 0 Å². The van der Waals surface area contributed by atoms with Crippen molar-refractivity contribution < 1.29 is 4.42 Å². The molecular formula is C31H28N6O2. The average Bonchev–Trinajstić information content (AvgIpc) is 3.63. The number of H-pyrrole nitrogens is 1. The summed E-state index contributed by atoms with van der Waals surface area (Å²) in [6, 6.07) is 31.4. The molecule has 3 aromatic carbocycles. The molecule has 0 spiro atoms. The molecule has 0 aliphatic heterocycles. The van der Waals surface area contributed by atoms with Crippen LogP contribution in [-0.2, 0) is 19.6 Å². The van der Waals surface area contributed by atoms with Gasteiger partial charge in [-0.25, -0.2) is 4.68 Å². The number of hydrogen-bond acceptors (Lipinski definition) is 6. The molecule has 0 radical (unpaired) electrons. The Balaban J connectivity index is 1.53. The number of nitrogens with zero attached hydrogens (tertiary/aromatic N) is 5. The Bertz CT molecular complexity index is 1730. The minimum atomic E-state index is -0.553. The van der Waals surface area contributed by atoms with Crippen LogP contribution in [0.15, 0.2) is 113 Å². The van der Waals surface area contributed by atoms with Crippen molar-refractivity contribution in [2.75, 3.05) is 0 Å². The van der Waals surface area contributed by atoms with Crippen LogP contribution in [0.1, 0.15) is 39.9 Å². The summed E-state index contributed by atoms with van der Waals surface area (Å²) < 4.78 is 7.54. The first-order valence-corrected chi connectivity index (χ1v) is 12.9. The molecule has 1 N–H and O–H groups in total. The number of benzene rings is 3. The molecule has 1 unspecified atom stereocenters. The molecule has 0 saturated heterocycles. The van der Waals surface area contributed by atoms with E-state index >= 15 is 0 Å². The molecule has 39 heavy (non-hydrogen) atoms. The predicted molar refractivity (Wildman–Crippen MR) is 149 cm³/mol. The summed E-state index contributed by atoms with van der Waals surface area (Å²) in [5.74, 6) is 1.37. The van der Waals surface area contributed by atoms with Crippen molar-refractivity contribution in [3.05, 3.63) is 148 Å². The second-order valence-corrected chi connectivity index (χ2v) is 9.65. The van der Waals surface area contributed by atoms with Gasteiger partial charge in [-0.1, -0.05) is 78.9 Å². The smallest absolute Gasteiger partial charge is 0.253 e. The van der Waals surface area contributed by atoms with E-state index in [0.717, 1.165) is 33.4 Å². The van der Waals surface area contributed by atoms with Crippen LogP contribution in [0.3, 0.4) is 0 Å². The number of tetrazole rings is 1. The van der Waals surface area contributed by atoms with Crippen LogP contribution in [0.2, 0.25) is 0 Å². The van der Waals surface area contributed by atoms with Crippen LogP contribution in [0.4, 0.5) is 0 Å². The Morgan fingerprint density at radius 3 is 2.41 bits per heavy atom. The van der Waals surface area contributed by atoms with Gasteiger partial charge in [-0.15, -0.1) is 5.10 Å². The van der Waals surface area contributed by atoms with E-state index in [0.29, 0.717) is 31.0 Å². The summed E-state index contributed by atoms with van der Waals surface area (Å²) in [7, 11) is 0. The molecule has 3 heterocycles. The van der Waals surface area contributed by atoms with Crippen molar-refractivity contribution in [2.45, 2.75) is 32.6 Å². The number of aromatic amines is 1. The Labute approximate surface area is 225 Å². The lowest BCUT2D eigenvalue weighted by Gasteiger charge is -2.30. The maximum atomic E-state index is 13.8. The highest BCUT2D eigenvalue weighted by Crippen LogP contribution is 2.30. The standard InChI is InChI=1S/C31H28N6O2/c1-22-10-8-15-25-18-27(31(38)32-28(22)25)29(30-33-34-35-37(30)20-24-13-6-3-7-14-24)36(21-26-16-9-17-39-26)19-23-11-4-2-5-12-23/h2-18,29H,19-21H2,1H3,(H,32,38). The van der Waals surface area contributed by atoms with Crippen molar-refractivity contribution >= 4 is 10.9 Å². The normalized spacial score (nSPS) is 12.3. The first kappa shape index (κ1) is 24.5. The summed E-state index contributed by atoms with van der Waals surface area (Å²) in [4.78, 5) is 19.1. The lowest BCUT2D eigenvalue weighted by Crippen LogP contribution is -2.35. The molecule has 8 heteroatoms. The summed E-state index contributed by atoms with van der Waals surface area (Å²) in [5, 5.41) is 13.9. The zero-order valence-electron chi connectivity index (χ0n) is 21.6. The first-order chi connectivity index (χ1) is 19.2. The van der Waals surface area contributed by atoms with E-state index < -0.39 is 6.04 Å². The largest absolute Gasteiger partial charge is 0.468 e. The highest BCUT2D eigenvalue weighted by atomic mass is 16.3. The Kier molecular flexibility index (Phi) is 6.84. The molecule has 0 aliphatic carbocycles. The second kappa shape index (κ2) is 10.9. The quantitative estimate of drug-likeness (QED) is 0.282. The van der Waals surface area contributed by atoms with Gasteiger partial charge in [-0.05, 0) is 57.6 Å². The first-order valence-electron chi connectivity index (χ1n) is 12.9. The molecule has 194 valence electrons. The number of aromatic nitrogens is 5. The molecule has 1 atom stereocenters. The van der Waals surface area contributed by atoms with Crippen molar-refractivity contribution in [1.29, 1.82) is 0 Å². The topological polar surface area (TPSA) is 92.8 Å². The second-order valence-electron chi connectivity index (χ2n) is 9.65. The molecule has 0 aliphatic rings. The maximum Gasteiger partial charge on any atom is 0.253 e. The Hall–Kier alpha value is -4.82. The molecule has 6 rings (SSSR count). The van der Waals surface area contributed by atoms with E-state index in [1.165, 1.54) is 0 Å². The highest BCUT2D eigenvalue weighted by Gasteiger charge is 2.31. The van der Waals surface area contributed by atoms with Crippen LogP contribution in [-0.4, -0.2) is 30.1 Å². The number of aryl methyl sites for hydroxylation is 1. The third-order valence-corrected chi connectivity index (χ3v) is 6.92. The van der Waals surface area contributed by atoms with E-state index in [2.05, 4.69) is 37.5 Å². The maximum absolute atomic E-state index is 13.8. The molecule has 3 aromatic heterocycles. The number of hydrogen-bond donors (Lipinski definition) is 1. The van der Waals surface area contributed by atoms with Gasteiger partial charge in [-0.3, -0.25) is 9.69 Å². The molecule has 0 amide bonds. The van der Waals surface area contributed by atoms with Crippen LogP contribution >= 0.6 is 0 Å². The number of pyridine rings is 1. The number of furan rings is 1. The minimum absolute atomic E-state index is 0.173. The number of nitrogens with one attached hydrogen (secondary N) is 1. The Morgan fingerprint density at radius 2 is 1.67 bits per heavy atom. The fourth-order valence-electron chi connectivity index (χ4n) is 5.04. The van der Waals surface area contributed by atoms with Gasteiger partial charge >= 0.3 is 0 Å². The van der Waals surface area contributed by atoms with Crippen molar-refractivity contribution in [1.82, 2.24) is 30.1 Å². The summed E-state index contributed by atoms with van der Waals surface area (Å²) in [6.07, 6.45) is 1.66. The fraction of sp³-hybridized carbons (Fsp3) is 0.161. The SMILES string of the molecule is Cc1cccc2cc(C(c3nnnn3Cc3ccccc3)N(Cc3ccccc3)Cc3ccco3)c(=O)[nH]c12. The van der Waals surface area contributed by atoms with Crippen LogP contribution < -0.4 is 5.56 Å². The molecule has 8 nitrogen and oxygen atoms in total. The number of fused-ring (bicyclic) bond motifs is 1. The molecule has 0 bridgehead atoms. The van der Waals surface area contributed by atoms with Gasteiger partial charge in [0.2, 0.25) is 0 Å². The monoisotopic (exact) mass is 516 g/mol. The zero-order valence-corrected chi connectivity index (χ0v) is 21.6. The average molecular weight is 517 g/mol. The molecule has 0 fully saturated rings. The lowest BCUT2D eigenvalue weighted by molar-refractivity contribution is 0.179. The van der Waals surface area contributed by atoms with Gasteiger partial charge < -0.3 is 9.40 Å². The third kappa shape index (κ3) is 5.28. The van der Waals surface area contributed by atoms with E-state index in [9.17, 15) is 4.79 Å². The Morgan fingerprint density at radius 1 is 0.897 bits per heavy atom. The summed E-state index contributed by atoms with van der Waals surface area (Å²) in [6.45, 7) is 3.48. The van der Waals surface area contributed by atoms with Crippen LogP contribution in [0, 0.1) is 6.92 Å². The fourth-order valence-corrected chi connectivity index (χ4v) is 5.04. The van der Waals surface area contributed by atoms with Crippen molar-refractivity contribution in [3.63, 3.8) is 0 Å². The number of para-hydroxylation sites is 1. The summed E-state index contributed by atoms with van der Waals surface area (Å²) >= 11 is 0. The molecular weight excluding hydrogens is 488 g/mol. The lowest BCUT2D eigenvalue weighted by atomic mass is 10.0. The van der Waals surface area contributed by atoms with E-state index in [1.807, 2.05) is 91.9 Å². The van der Waals surface area contributed by atoms with Gasteiger partial charge in [0.15, 0.2) is 5.82 Å². The van der Waals surface area contributed by atoms with Gasteiger partial charge in [0, 0.05) is 12.1 Å². The van der Waals surface area contributed by atoms with Gasteiger partial charge in [0.25, 0.3) is 5.56 Å².